The van der Waals surface area contributed by atoms with Crippen LogP contribution in [0.5, 0.6) is 0 Å². The zero-order chi connectivity index (χ0) is 10.4. The van der Waals surface area contributed by atoms with Gasteiger partial charge in [0, 0.05) is 12.7 Å². The van der Waals surface area contributed by atoms with Gasteiger partial charge in [-0.05, 0) is 25.1 Å². The molecule has 4 heteroatoms. The number of hydrogen-bond acceptors (Lipinski definition) is 4. The Morgan fingerprint density at radius 1 is 1.50 bits per heavy atom. The summed E-state index contributed by atoms with van der Waals surface area (Å²) in [6.07, 6.45) is 0. The average molecular weight is 194 g/mol. The lowest BCUT2D eigenvalue weighted by molar-refractivity contribution is 0.0526. The van der Waals surface area contributed by atoms with Crippen molar-refractivity contribution in [3.8, 4) is 0 Å². The quantitative estimate of drug-likeness (QED) is 0.562. The highest BCUT2D eigenvalue weighted by Crippen LogP contribution is 2.10. The fourth-order valence-corrected chi connectivity index (χ4v) is 1.08. The van der Waals surface area contributed by atoms with Gasteiger partial charge in [-0.15, -0.1) is 0 Å². The van der Waals surface area contributed by atoms with Crippen molar-refractivity contribution in [1.82, 2.24) is 5.43 Å². The molecule has 76 valence electrons. The Morgan fingerprint density at radius 2 is 2.29 bits per heavy atom. The van der Waals surface area contributed by atoms with Gasteiger partial charge >= 0.3 is 5.97 Å². The Labute approximate surface area is 83.2 Å². The third kappa shape index (κ3) is 2.74. The van der Waals surface area contributed by atoms with Gasteiger partial charge < -0.3 is 10.2 Å². The highest BCUT2D eigenvalue weighted by molar-refractivity contribution is 5.90. The molecule has 2 N–H and O–H groups in total. The Balaban J connectivity index is 2.77. The molecule has 0 spiro atoms. The molecule has 0 fully saturated rings. The number of carbonyl (C=O) groups excluding carboxylic acids is 1. The van der Waals surface area contributed by atoms with Crippen molar-refractivity contribution in [2.45, 2.75) is 6.92 Å². The summed E-state index contributed by atoms with van der Waals surface area (Å²) in [5.41, 5.74) is 7.05. The molecule has 0 atom stereocenters. The molecule has 0 aliphatic heterocycles. The van der Waals surface area contributed by atoms with Crippen LogP contribution in [-0.4, -0.2) is 19.6 Å². The number of ether oxygens (including phenoxy) is 1. The van der Waals surface area contributed by atoms with E-state index >= 15 is 0 Å². The van der Waals surface area contributed by atoms with E-state index in [9.17, 15) is 4.79 Å². The average Bonchev–Trinajstić information content (AvgIpc) is 2.19. The van der Waals surface area contributed by atoms with Crippen LogP contribution in [0.3, 0.4) is 0 Å². The molecule has 0 heterocycles. The summed E-state index contributed by atoms with van der Waals surface area (Å²) in [6.45, 7) is 2.18. The number of benzene rings is 1. The number of hydrogen-bond donors (Lipinski definition) is 2. The number of anilines is 1. The van der Waals surface area contributed by atoms with Crippen molar-refractivity contribution in [2.75, 3.05) is 19.1 Å². The Hall–Kier alpha value is -1.55. The molecule has 1 rings (SSSR count). The van der Waals surface area contributed by atoms with Crippen LogP contribution in [0.15, 0.2) is 24.3 Å². The topological polar surface area (TPSA) is 50.4 Å². The van der Waals surface area contributed by atoms with E-state index in [-0.39, 0.29) is 5.97 Å². The first-order valence-corrected chi connectivity index (χ1v) is 4.48. The lowest BCUT2D eigenvalue weighted by Crippen LogP contribution is -2.15. The molecule has 1 aromatic rings. The first-order chi connectivity index (χ1) is 6.77. The minimum absolute atomic E-state index is 0.299. The zero-order valence-corrected chi connectivity index (χ0v) is 8.33. The van der Waals surface area contributed by atoms with E-state index in [0.29, 0.717) is 12.2 Å². The molecular formula is C10H14N2O2. The summed E-state index contributed by atoms with van der Waals surface area (Å²) in [7, 11) is 1.76. The van der Waals surface area contributed by atoms with E-state index in [1.807, 2.05) is 6.07 Å². The summed E-state index contributed by atoms with van der Waals surface area (Å²) < 4.78 is 4.87. The minimum Gasteiger partial charge on any atom is -0.462 e. The fourth-order valence-electron chi connectivity index (χ4n) is 1.08. The van der Waals surface area contributed by atoms with E-state index < -0.39 is 0 Å². The number of rotatable bonds is 4. The Kier molecular flexibility index (Phi) is 3.94. The predicted molar refractivity (Wildman–Crippen MR) is 55.1 cm³/mol. The largest absolute Gasteiger partial charge is 0.462 e. The highest BCUT2D eigenvalue weighted by Gasteiger charge is 2.05. The van der Waals surface area contributed by atoms with Gasteiger partial charge in [-0.1, -0.05) is 6.07 Å². The highest BCUT2D eigenvalue weighted by atomic mass is 16.5. The third-order valence-corrected chi connectivity index (χ3v) is 1.64. The number of esters is 1. The van der Waals surface area contributed by atoms with Gasteiger partial charge in [-0.3, -0.25) is 0 Å². The second-order valence-corrected chi connectivity index (χ2v) is 2.68. The van der Waals surface area contributed by atoms with E-state index in [0.717, 1.165) is 5.69 Å². The number of hydrazine groups is 1. The molecule has 4 nitrogen and oxygen atoms in total. The zero-order valence-electron chi connectivity index (χ0n) is 8.33. The molecule has 0 unspecified atom stereocenters. The fraction of sp³-hybridized carbons (Fsp3) is 0.300. The summed E-state index contributed by atoms with van der Waals surface area (Å²) in [4.78, 5) is 11.3. The van der Waals surface area contributed by atoms with Crippen LogP contribution in [-0.2, 0) is 4.74 Å². The summed E-state index contributed by atoms with van der Waals surface area (Å²) in [6, 6.07) is 7.11. The Bertz CT molecular complexity index is 313. The number of carbonyl (C=O) groups is 1. The van der Waals surface area contributed by atoms with Gasteiger partial charge in [0.2, 0.25) is 0 Å². The summed E-state index contributed by atoms with van der Waals surface area (Å²) in [5, 5.41) is 0. The van der Waals surface area contributed by atoms with Gasteiger partial charge in [0.1, 0.15) is 0 Å². The predicted octanol–water partition coefficient (Wildman–Crippen LogP) is 1.41. The SMILES string of the molecule is CCOC(=O)c1cccc(NNC)c1. The van der Waals surface area contributed by atoms with Crippen molar-refractivity contribution in [1.29, 1.82) is 0 Å². The van der Waals surface area contributed by atoms with Crippen molar-refractivity contribution in [3.05, 3.63) is 29.8 Å². The Morgan fingerprint density at radius 3 is 2.93 bits per heavy atom. The van der Waals surface area contributed by atoms with Crippen LogP contribution in [0.1, 0.15) is 17.3 Å². The van der Waals surface area contributed by atoms with Crippen molar-refractivity contribution >= 4 is 11.7 Å². The molecule has 0 bridgehead atoms. The van der Waals surface area contributed by atoms with Crippen molar-refractivity contribution in [3.63, 3.8) is 0 Å². The van der Waals surface area contributed by atoms with Crippen molar-refractivity contribution < 1.29 is 9.53 Å². The molecule has 0 aliphatic rings. The lowest BCUT2D eigenvalue weighted by Gasteiger charge is -2.06. The third-order valence-electron chi connectivity index (χ3n) is 1.64. The first kappa shape index (κ1) is 10.5. The molecule has 0 saturated heterocycles. The molecule has 14 heavy (non-hydrogen) atoms. The molecule has 0 aliphatic carbocycles. The van der Waals surface area contributed by atoms with E-state index in [1.54, 1.807) is 32.2 Å². The van der Waals surface area contributed by atoms with Gasteiger partial charge in [0.25, 0.3) is 0 Å². The van der Waals surface area contributed by atoms with Crippen LogP contribution in [0.4, 0.5) is 5.69 Å². The van der Waals surface area contributed by atoms with Crippen LogP contribution < -0.4 is 10.9 Å². The molecule has 0 saturated carbocycles. The lowest BCUT2D eigenvalue weighted by atomic mass is 10.2. The minimum atomic E-state index is -0.299. The second-order valence-electron chi connectivity index (χ2n) is 2.68. The van der Waals surface area contributed by atoms with Crippen LogP contribution in [0.2, 0.25) is 0 Å². The maximum Gasteiger partial charge on any atom is 0.338 e. The van der Waals surface area contributed by atoms with E-state index in [4.69, 9.17) is 4.74 Å². The smallest absolute Gasteiger partial charge is 0.338 e. The number of nitrogens with one attached hydrogen (secondary N) is 2. The van der Waals surface area contributed by atoms with Gasteiger partial charge in [-0.25, -0.2) is 10.2 Å². The summed E-state index contributed by atoms with van der Waals surface area (Å²) in [5.74, 6) is -0.299. The van der Waals surface area contributed by atoms with E-state index in [1.165, 1.54) is 0 Å². The standard InChI is InChI=1S/C10H14N2O2/c1-3-14-10(13)8-5-4-6-9(7-8)12-11-2/h4-7,11-12H,3H2,1-2H3. The van der Waals surface area contributed by atoms with Crippen LogP contribution in [0, 0.1) is 0 Å². The van der Waals surface area contributed by atoms with Gasteiger partial charge in [0.05, 0.1) is 12.2 Å². The molecule has 0 radical (unpaired) electrons. The maximum absolute atomic E-state index is 11.3. The van der Waals surface area contributed by atoms with Gasteiger partial charge in [-0.2, -0.15) is 0 Å². The second kappa shape index (κ2) is 5.24. The molecule has 1 aromatic carbocycles. The molecule has 0 aromatic heterocycles. The molecular weight excluding hydrogens is 180 g/mol. The van der Waals surface area contributed by atoms with E-state index in [2.05, 4.69) is 10.9 Å². The van der Waals surface area contributed by atoms with Crippen LogP contribution in [0.25, 0.3) is 0 Å². The van der Waals surface area contributed by atoms with Gasteiger partial charge in [0.15, 0.2) is 0 Å². The first-order valence-electron chi connectivity index (χ1n) is 4.48. The monoisotopic (exact) mass is 194 g/mol. The normalized spacial score (nSPS) is 9.57. The molecule has 0 amide bonds. The van der Waals surface area contributed by atoms with Crippen LogP contribution >= 0.6 is 0 Å². The van der Waals surface area contributed by atoms with Crippen molar-refractivity contribution in [2.24, 2.45) is 0 Å². The maximum atomic E-state index is 11.3. The summed E-state index contributed by atoms with van der Waals surface area (Å²) >= 11 is 0.